The molecule has 0 N–H and O–H groups in total. The SMILES string of the molecule is CCCC[CH2][Ge].Cl. The molecule has 2 heteroatoms. The standard InChI is InChI=1S/C5H11Ge.ClH/c1-2-3-4-5-6;/h2-5H2,1H3;1H. The molecular weight excluding hydrogens is 168 g/mol. The van der Waals surface area contributed by atoms with Crippen molar-refractivity contribution in [2.75, 3.05) is 0 Å². The second-order valence-corrected chi connectivity index (χ2v) is 2.51. The Labute approximate surface area is 60.7 Å². The van der Waals surface area contributed by atoms with Crippen molar-refractivity contribution in [2.24, 2.45) is 0 Å². The van der Waals surface area contributed by atoms with Crippen molar-refractivity contribution in [3.8, 4) is 0 Å². The fraction of sp³-hybridized carbons (Fsp3) is 1.00. The Morgan fingerprint density at radius 3 is 2.00 bits per heavy atom. The summed E-state index contributed by atoms with van der Waals surface area (Å²) in [6.45, 7) is 2.23. The number of halogens is 1. The molecule has 0 heterocycles. The van der Waals surface area contributed by atoms with Crippen molar-refractivity contribution in [1.29, 1.82) is 0 Å². The van der Waals surface area contributed by atoms with E-state index in [4.69, 9.17) is 0 Å². The average Bonchev–Trinajstić information content (AvgIpc) is 1.61. The quantitative estimate of drug-likeness (QED) is 0.461. The Morgan fingerprint density at radius 1 is 1.29 bits per heavy atom. The molecule has 0 rings (SSSR count). The van der Waals surface area contributed by atoms with E-state index in [2.05, 4.69) is 23.4 Å². The first-order valence-electron chi connectivity index (χ1n) is 2.56. The Balaban J connectivity index is 0. The van der Waals surface area contributed by atoms with Crippen LogP contribution in [0.25, 0.3) is 0 Å². The van der Waals surface area contributed by atoms with E-state index in [9.17, 15) is 0 Å². The van der Waals surface area contributed by atoms with Crippen LogP contribution in [0.2, 0.25) is 5.25 Å². The van der Waals surface area contributed by atoms with Crippen LogP contribution < -0.4 is 0 Å². The molecule has 0 atom stereocenters. The molecule has 0 fully saturated rings. The molecule has 0 aliphatic carbocycles. The van der Waals surface area contributed by atoms with E-state index in [1.165, 1.54) is 24.5 Å². The minimum atomic E-state index is 0. The van der Waals surface area contributed by atoms with Gasteiger partial charge in [0.1, 0.15) is 0 Å². The molecule has 0 spiro atoms. The van der Waals surface area contributed by atoms with Crippen molar-refractivity contribution in [1.82, 2.24) is 0 Å². The zero-order valence-electron chi connectivity index (χ0n) is 4.74. The van der Waals surface area contributed by atoms with Crippen molar-refractivity contribution in [2.45, 2.75) is 31.4 Å². The number of unbranched alkanes of at least 4 members (excludes halogenated alkanes) is 2. The van der Waals surface area contributed by atoms with E-state index in [0.29, 0.717) is 0 Å². The van der Waals surface area contributed by atoms with Gasteiger partial charge in [0.2, 0.25) is 0 Å². The molecule has 0 amide bonds. The average molecular weight is 180 g/mol. The monoisotopic (exact) mass is 181 g/mol. The van der Waals surface area contributed by atoms with Crippen molar-refractivity contribution >= 4 is 28.9 Å². The number of hydrogen-bond acceptors (Lipinski definition) is 0. The van der Waals surface area contributed by atoms with E-state index < -0.39 is 0 Å². The molecule has 0 saturated carbocycles. The molecule has 0 nitrogen and oxygen atoms in total. The molecule has 0 aromatic rings. The number of rotatable bonds is 3. The zero-order valence-corrected chi connectivity index (χ0v) is 7.65. The van der Waals surface area contributed by atoms with Crippen molar-refractivity contribution in [3.63, 3.8) is 0 Å². The van der Waals surface area contributed by atoms with Crippen LogP contribution in [0.5, 0.6) is 0 Å². The van der Waals surface area contributed by atoms with Gasteiger partial charge in [-0.05, 0) is 0 Å². The third-order valence-corrected chi connectivity index (χ3v) is 1.52. The minimum absolute atomic E-state index is 0. The van der Waals surface area contributed by atoms with Crippen molar-refractivity contribution in [3.05, 3.63) is 0 Å². The summed E-state index contributed by atoms with van der Waals surface area (Å²) in [6.07, 6.45) is 4.18. The Kier molecular flexibility index (Phi) is 15.3. The van der Waals surface area contributed by atoms with Gasteiger partial charge in [-0.2, -0.15) is 0 Å². The second kappa shape index (κ2) is 9.95. The first-order valence-corrected chi connectivity index (χ1v) is 4.04. The summed E-state index contributed by atoms with van der Waals surface area (Å²) in [4.78, 5) is 0. The van der Waals surface area contributed by atoms with Crippen LogP contribution in [0, 0.1) is 0 Å². The summed E-state index contributed by atoms with van der Waals surface area (Å²) >= 11 is 2.23. The molecule has 0 unspecified atom stereocenters. The predicted molar refractivity (Wildman–Crippen MR) is 37.3 cm³/mol. The van der Waals surface area contributed by atoms with Gasteiger partial charge in [0, 0.05) is 0 Å². The van der Waals surface area contributed by atoms with Gasteiger partial charge in [0.05, 0.1) is 0 Å². The van der Waals surface area contributed by atoms with Gasteiger partial charge in [-0.3, -0.25) is 0 Å². The smallest absolute Gasteiger partial charge is 0.147 e. The van der Waals surface area contributed by atoms with E-state index >= 15 is 0 Å². The van der Waals surface area contributed by atoms with Crippen LogP contribution in [0.3, 0.4) is 0 Å². The fourth-order valence-electron chi connectivity index (χ4n) is 0.375. The van der Waals surface area contributed by atoms with Crippen LogP contribution in [-0.2, 0) is 0 Å². The van der Waals surface area contributed by atoms with Gasteiger partial charge in [-0.1, -0.05) is 0 Å². The van der Waals surface area contributed by atoms with E-state index in [0.717, 1.165) is 0 Å². The molecule has 7 heavy (non-hydrogen) atoms. The number of hydrogen-bond donors (Lipinski definition) is 0. The Bertz CT molecular complexity index is 20.0. The summed E-state index contributed by atoms with van der Waals surface area (Å²) in [6, 6.07) is 0. The van der Waals surface area contributed by atoms with Crippen molar-refractivity contribution < 1.29 is 0 Å². The maximum Gasteiger partial charge on any atom is -0.147 e. The molecular formula is C5H12ClGe. The largest absolute Gasteiger partial charge is 0.147 e. The first kappa shape index (κ1) is 10.7. The third kappa shape index (κ3) is 10.9. The molecule has 0 aromatic carbocycles. The van der Waals surface area contributed by atoms with Crippen LogP contribution in [0.1, 0.15) is 26.2 Å². The van der Waals surface area contributed by atoms with E-state index in [1.807, 2.05) is 0 Å². The van der Waals surface area contributed by atoms with Gasteiger partial charge in [-0.25, -0.2) is 0 Å². The van der Waals surface area contributed by atoms with Gasteiger partial charge in [0.15, 0.2) is 0 Å². The minimum Gasteiger partial charge on any atom is -0.147 e. The van der Waals surface area contributed by atoms with Crippen LogP contribution in [0.15, 0.2) is 0 Å². The van der Waals surface area contributed by atoms with Crippen LogP contribution in [-0.4, -0.2) is 16.5 Å². The summed E-state index contributed by atoms with van der Waals surface area (Å²) in [7, 11) is 0. The van der Waals surface area contributed by atoms with E-state index in [1.54, 1.807) is 0 Å². The molecule has 0 aliphatic rings. The third-order valence-electron chi connectivity index (χ3n) is 0.780. The first-order chi connectivity index (χ1) is 2.91. The van der Waals surface area contributed by atoms with Crippen LogP contribution in [0.4, 0.5) is 0 Å². The summed E-state index contributed by atoms with van der Waals surface area (Å²) in [5.41, 5.74) is 0. The van der Waals surface area contributed by atoms with Gasteiger partial charge >= 0.3 is 48.0 Å². The van der Waals surface area contributed by atoms with Gasteiger partial charge in [0.25, 0.3) is 0 Å². The topological polar surface area (TPSA) is 0 Å². The Morgan fingerprint density at radius 2 is 1.86 bits per heavy atom. The zero-order chi connectivity index (χ0) is 4.83. The second-order valence-electron chi connectivity index (χ2n) is 1.46. The normalized spacial score (nSPS) is 7.71. The van der Waals surface area contributed by atoms with Crippen LogP contribution >= 0.6 is 12.4 Å². The van der Waals surface area contributed by atoms with Gasteiger partial charge < -0.3 is 0 Å². The molecule has 0 saturated heterocycles. The summed E-state index contributed by atoms with van der Waals surface area (Å²) < 4.78 is 0. The fourth-order valence-corrected chi connectivity index (χ4v) is 0.900. The summed E-state index contributed by atoms with van der Waals surface area (Å²) in [5.74, 6) is 0. The molecule has 0 aliphatic heterocycles. The van der Waals surface area contributed by atoms with Gasteiger partial charge in [-0.15, -0.1) is 12.4 Å². The Hall–Kier alpha value is 0.833. The molecule has 43 valence electrons. The summed E-state index contributed by atoms with van der Waals surface area (Å²) in [5, 5.41) is 1.36. The molecule has 3 radical (unpaired) electrons. The predicted octanol–water partition coefficient (Wildman–Crippen LogP) is 2.19. The maximum absolute atomic E-state index is 2.23. The maximum atomic E-state index is 2.23. The van der Waals surface area contributed by atoms with E-state index in [-0.39, 0.29) is 12.4 Å². The molecule has 0 aromatic heterocycles. The molecule has 0 bridgehead atoms.